The van der Waals surface area contributed by atoms with Crippen molar-refractivity contribution < 1.29 is 4.79 Å². The Morgan fingerprint density at radius 1 is 1.78 bits per heavy atom. The first kappa shape index (κ1) is 8.56. The molecular formula is C6H11NOS. The third kappa shape index (κ3) is 7.56. The molecule has 0 unspecified atom stereocenters. The van der Waals surface area contributed by atoms with E-state index in [1.54, 1.807) is 0 Å². The van der Waals surface area contributed by atoms with Crippen molar-refractivity contribution in [3.63, 3.8) is 0 Å². The van der Waals surface area contributed by atoms with Crippen LogP contribution in [0.4, 0.5) is 4.79 Å². The van der Waals surface area contributed by atoms with Crippen LogP contribution in [-0.2, 0) is 0 Å². The zero-order valence-electron chi connectivity index (χ0n) is 5.26. The van der Waals surface area contributed by atoms with Crippen LogP contribution in [0.25, 0.3) is 0 Å². The lowest BCUT2D eigenvalue weighted by atomic mass is 10.3. The van der Waals surface area contributed by atoms with E-state index in [0.29, 0.717) is 6.54 Å². The van der Waals surface area contributed by atoms with Gasteiger partial charge >= 0.3 is 0 Å². The Hall–Kier alpha value is -0.440. The summed E-state index contributed by atoms with van der Waals surface area (Å²) in [6.07, 6.45) is 3.70. The number of thiol groups is 1. The molecule has 0 spiro atoms. The normalized spacial score (nSPS) is 8.56. The van der Waals surface area contributed by atoms with Crippen molar-refractivity contribution in [3.05, 3.63) is 12.7 Å². The highest BCUT2D eigenvalue weighted by Gasteiger charge is 1.87. The molecule has 0 atom stereocenters. The lowest BCUT2D eigenvalue weighted by molar-refractivity contribution is 0.261. The molecule has 0 aliphatic carbocycles. The summed E-state index contributed by atoms with van der Waals surface area (Å²) in [7, 11) is 0. The maximum absolute atomic E-state index is 10.1. The largest absolute Gasteiger partial charge is 0.347 e. The Bertz CT molecular complexity index is 103. The molecule has 0 saturated carbocycles. The van der Waals surface area contributed by atoms with Crippen molar-refractivity contribution in [1.82, 2.24) is 5.32 Å². The molecule has 0 bridgehead atoms. The smallest absolute Gasteiger partial charge is 0.275 e. The molecule has 0 rings (SSSR count). The maximum atomic E-state index is 10.1. The average Bonchev–Trinajstić information content (AvgIpc) is 1.80. The summed E-state index contributed by atoms with van der Waals surface area (Å²) >= 11 is 3.52. The molecule has 0 aromatic heterocycles. The van der Waals surface area contributed by atoms with Gasteiger partial charge in [-0.3, -0.25) is 4.79 Å². The topological polar surface area (TPSA) is 29.1 Å². The fraction of sp³-hybridized carbons (Fsp3) is 0.500. The molecule has 0 aromatic rings. The Labute approximate surface area is 60.7 Å². The molecule has 1 amide bonds. The highest BCUT2D eigenvalue weighted by molar-refractivity contribution is 7.96. The van der Waals surface area contributed by atoms with E-state index >= 15 is 0 Å². The van der Waals surface area contributed by atoms with Gasteiger partial charge in [0.1, 0.15) is 0 Å². The fourth-order valence-corrected chi connectivity index (χ4v) is 0.554. The number of hydrogen-bond donors (Lipinski definition) is 2. The first-order valence-electron chi connectivity index (χ1n) is 2.85. The van der Waals surface area contributed by atoms with Crippen molar-refractivity contribution in [2.45, 2.75) is 12.8 Å². The number of amides is 1. The number of rotatable bonds is 4. The van der Waals surface area contributed by atoms with Crippen molar-refractivity contribution in [2.75, 3.05) is 6.54 Å². The van der Waals surface area contributed by atoms with E-state index in [0.717, 1.165) is 12.8 Å². The number of carbonyl (C=O) groups is 1. The van der Waals surface area contributed by atoms with Crippen LogP contribution < -0.4 is 5.32 Å². The third-order valence-electron chi connectivity index (χ3n) is 0.861. The average molecular weight is 145 g/mol. The zero-order valence-corrected chi connectivity index (χ0v) is 6.16. The van der Waals surface area contributed by atoms with Crippen LogP contribution in [0.1, 0.15) is 12.8 Å². The summed E-state index contributed by atoms with van der Waals surface area (Å²) in [5.74, 6) is 0. The lowest BCUT2D eigenvalue weighted by Gasteiger charge is -1.96. The Morgan fingerprint density at radius 3 is 2.89 bits per heavy atom. The monoisotopic (exact) mass is 145 g/mol. The number of hydrogen-bond acceptors (Lipinski definition) is 1. The summed E-state index contributed by atoms with van der Waals surface area (Å²) in [4.78, 5) is 10.1. The molecule has 0 saturated heterocycles. The summed E-state index contributed by atoms with van der Waals surface area (Å²) < 4.78 is 0. The van der Waals surface area contributed by atoms with Gasteiger partial charge in [0.25, 0.3) is 5.24 Å². The summed E-state index contributed by atoms with van der Waals surface area (Å²) in [5.41, 5.74) is 0. The second-order valence-corrected chi connectivity index (χ2v) is 2.07. The van der Waals surface area contributed by atoms with Crippen LogP contribution in [0.15, 0.2) is 12.7 Å². The number of unbranched alkanes of at least 4 members (excludes halogenated alkanes) is 1. The molecule has 1 N–H and O–H groups in total. The molecule has 3 heteroatoms. The molecular weight excluding hydrogens is 134 g/mol. The second kappa shape index (κ2) is 5.69. The molecule has 0 fully saturated rings. The van der Waals surface area contributed by atoms with Crippen LogP contribution in [-0.4, -0.2) is 11.8 Å². The van der Waals surface area contributed by atoms with Crippen LogP contribution >= 0.6 is 12.6 Å². The van der Waals surface area contributed by atoms with Crippen molar-refractivity contribution >= 4 is 17.9 Å². The van der Waals surface area contributed by atoms with E-state index < -0.39 is 0 Å². The van der Waals surface area contributed by atoms with Gasteiger partial charge in [0.05, 0.1) is 0 Å². The van der Waals surface area contributed by atoms with E-state index in [1.165, 1.54) is 0 Å². The second-order valence-electron chi connectivity index (χ2n) is 1.66. The predicted molar refractivity (Wildman–Crippen MR) is 41.8 cm³/mol. The van der Waals surface area contributed by atoms with Gasteiger partial charge in [-0.25, -0.2) is 0 Å². The third-order valence-corrected chi connectivity index (χ3v) is 1.02. The van der Waals surface area contributed by atoms with E-state index in [-0.39, 0.29) is 5.24 Å². The predicted octanol–water partition coefficient (Wildman–Crippen LogP) is 1.59. The molecule has 0 aliphatic rings. The standard InChI is InChI=1S/C6H11NOS/c1-2-3-4-5-7-6(8)9/h2H,1,3-5H2,(H2,7,8,9). The Kier molecular flexibility index (Phi) is 5.41. The van der Waals surface area contributed by atoms with Crippen LogP contribution in [0.2, 0.25) is 0 Å². The van der Waals surface area contributed by atoms with Crippen molar-refractivity contribution in [2.24, 2.45) is 0 Å². The molecule has 52 valence electrons. The van der Waals surface area contributed by atoms with Gasteiger partial charge in [-0.05, 0) is 12.8 Å². The first-order chi connectivity index (χ1) is 4.27. The molecule has 0 aliphatic heterocycles. The van der Waals surface area contributed by atoms with E-state index in [9.17, 15) is 4.79 Å². The Morgan fingerprint density at radius 2 is 2.44 bits per heavy atom. The van der Waals surface area contributed by atoms with Gasteiger partial charge < -0.3 is 5.32 Å². The van der Waals surface area contributed by atoms with Gasteiger partial charge in [0.2, 0.25) is 0 Å². The minimum atomic E-state index is -0.265. The van der Waals surface area contributed by atoms with Gasteiger partial charge in [-0.2, -0.15) is 0 Å². The van der Waals surface area contributed by atoms with E-state index in [1.807, 2.05) is 6.08 Å². The first-order valence-corrected chi connectivity index (χ1v) is 3.29. The van der Waals surface area contributed by atoms with Crippen LogP contribution in [0.5, 0.6) is 0 Å². The van der Waals surface area contributed by atoms with Gasteiger partial charge in [0, 0.05) is 6.54 Å². The zero-order chi connectivity index (χ0) is 7.11. The molecule has 0 heterocycles. The number of nitrogens with one attached hydrogen (secondary N) is 1. The highest BCUT2D eigenvalue weighted by Crippen LogP contribution is 1.86. The summed E-state index contributed by atoms with van der Waals surface area (Å²) in [6.45, 7) is 4.23. The summed E-state index contributed by atoms with van der Waals surface area (Å²) in [6, 6.07) is 0. The number of allylic oxidation sites excluding steroid dienone is 1. The Balaban J connectivity index is 2.91. The van der Waals surface area contributed by atoms with E-state index in [4.69, 9.17) is 0 Å². The van der Waals surface area contributed by atoms with Gasteiger partial charge in [-0.1, -0.05) is 18.7 Å². The van der Waals surface area contributed by atoms with Crippen LogP contribution in [0, 0.1) is 0 Å². The minimum Gasteiger partial charge on any atom is -0.347 e. The van der Waals surface area contributed by atoms with Crippen molar-refractivity contribution in [1.29, 1.82) is 0 Å². The maximum Gasteiger partial charge on any atom is 0.275 e. The quantitative estimate of drug-likeness (QED) is 0.351. The van der Waals surface area contributed by atoms with Crippen LogP contribution in [0.3, 0.4) is 0 Å². The molecule has 2 nitrogen and oxygen atoms in total. The minimum absolute atomic E-state index is 0.265. The summed E-state index contributed by atoms with van der Waals surface area (Å²) in [5, 5.41) is 2.29. The van der Waals surface area contributed by atoms with Crippen molar-refractivity contribution in [3.8, 4) is 0 Å². The molecule has 0 radical (unpaired) electrons. The number of carbonyl (C=O) groups excluding carboxylic acids is 1. The molecule has 9 heavy (non-hydrogen) atoms. The van der Waals surface area contributed by atoms with Gasteiger partial charge in [0.15, 0.2) is 0 Å². The molecule has 0 aromatic carbocycles. The lowest BCUT2D eigenvalue weighted by Crippen LogP contribution is -2.17. The SMILES string of the molecule is C=CCCCNC(=O)S. The highest BCUT2D eigenvalue weighted by atomic mass is 32.1. The van der Waals surface area contributed by atoms with E-state index in [2.05, 4.69) is 24.5 Å². The van der Waals surface area contributed by atoms with Gasteiger partial charge in [-0.15, -0.1) is 6.58 Å². The fourth-order valence-electron chi connectivity index (χ4n) is 0.442.